The Kier molecular flexibility index (Phi) is 3.45. The molecule has 1 amide bonds. The molecule has 1 aliphatic carbocycles. The SMILES string of the molecule is Cc1cn(CC(=O)N2CCC(C3(N)CC3)CC2)c2ccccc12. The van der Waals surface area contributed by atoms with Crippen LogP contribution in [-0.2, 0) is 11.3 Å². The highest BCUT2D eigenvalue weighted by Crippen LogP contribution is 2.44. The summed E-state index contributed by atoms with van der Waals surface area (Å²) in [7, 11) is 0. The molecule has 0 bridgehead atoms. The first-order valence-corrected chi connectivity index (χ1v) is 8.68. The number of amides is 1. The highest BCUT2D eigenvalue weighted by atomic mass is 16.2. The third-order valence-corrected chi connectivity index (χ3v) is 5.78. The lowest BCUT2D eigenvalue weighted by molar-refractivity contribution is -0.133. The minimum absolute atomic E-state index is 0.100. The number of carbonyl (C=O) groups is 1. The molecule has 2 aliphatic rings. The molecule has 0 unspecified atom stereocenters. The lowest BCUT2D eigenvalue weighted by atomic mass is 9.88. The molecule has 1 saturated carbocycles. The molecule has 1 saturated heterocycles. The van der Waals surface area contributed by atoms with E-state index in [2.05, 4.69) is 29.8 Å². The number of aryl methyl sites for hydroxylation is 1. The zero-order chi connectivity index (χ0) is 16.0. The van der Waals surface area contributed by atoms with E-state index >= 15 is 0 Å². The van der Waals surface area contributed by atoms with Crippen LogP contribution in [0.15, 0.2) is 30.5 Å². The van der Waals surface area contributed by atoms with E-state index in [0.29, 0.717) is 12.5 Å². The van der Waals surface area contributed by atoms with Gasteiger partial charge in [0.1, 0.15) is 6.54 Å². The van der Waals surface area contributed by atoms with Gasteiger partial charge in [-0.3, -0.25) is 4.79 Å². The smallest absolute Gasteiger partial charge is 0.242 e. The molecule has 4 rings (SSSR count). The molecule has 2 heterocycles. The van der Waals surface area contributed by atoms with Crippen LogP contribution < -0.4 is 5.73 Å². The second-order valence-corrected chi connectivity index (χ2v) is 7.35. The summed E-state index contributed by atoms with van der Waals surface area (Å²) in [6, 6.07) is 8.29. The molecule has 2 N–H and O–H groups in total. The zero-order valence-corrected chi connectivity index (χ0v) is 13.8. The van der Waals surface area contributed by atoms with Crippen LogP contribution in [0.2, 0.25) is 0 Å². The predicted octanol–water partition coefficient (Wildman–Crippen LogP) is 2.68. The largest absolute Gasteiger partial charge is 0.341 e. The first-order valence-electron chi connectivity index (χ1n) is 8.68. The number of aromatic nitrogens is 1. The van der Waals surface area contributed by atoms with Crippen molar-refractivity contribution in [2.24, 2.45) is 11.7 Å². The van der Waals surface area contributed by atoms with Crippen molar-refractivity contribution in [1.29, 1.82) is 0 Å². The van der Waals surface area contributed by atoms with Crippen molar-refractivity contribution in [2.75, 3.05) is 13.1 Å². The van der Waals surface area contributed by atoms with Crippen molar-refractivity contribution in [1.82, 2.24) is 9.47 Å². The molecule has 1 aromatic carbocycles. The Labute approximate surface area is 137 Å². The Balaban J connectivity index is 1.44. The lowest BCUT2D eigenvalue weighted by Crippen LogP contribution is -2.45. The number of benzene rings is 1. The number of hydrogen-bond acceptors (Lipinski definition) is 2. The van der Waals surface area contributed by atoms with Gasteiger partial charge in [0, 0.05) is 35.7 Å². The van der Waals surface area contributed by atoms with Crippen molar-refractivity contribution < 1.29 is 4.79 Å². The van der Waals surface area contributed by atoms with E-state index < -0.39 is 0 Å². The van der Waals surface area contributed by atoms with E-state index in [1.54, 1.807) is 0 Å². The van der Waals surface area contributed by atoms with Crippen LogP contribution >= 0.6 is 0 Å². The third kappa shape index (κ3) is 2.65. The number of likely N-dealkylation sites (tertiary alicyclic amines) is 1. The Bertz CT molecular complexity index is 736. The molecule has 2 fully saturated rings. The second kappa shape index (κ2) is 5.38. The summed E-state index contributed by atoms with van der Waals surface area (Å²) in [5, 5.41) is 1.23. The third-order valence-electron chi connectivity index (χ3n) is 5.78. The molecule has 1 aliphatic heterocycles. The first-order chi connectivity index (χ1) is 11.1. The van der Waals surface area contributed by atoms with E-state index in [1.807, 2.05) is 17.0 Å². The van der Waals surface area contributed by atoms with E-state index in [-0.39, 0.29) is 11.4 Å². The van der Waals surface area contributed by atoms with Crippen molar-refractivity contribution >= 4 is 16.8 Å². The Morgan fingerprint density at radius 2 is 1.96 bits per heavy atom. The summed E-state index contributed by atoms with van der Waals surface area (Å²) in [5.74, 6) is 0.840. The molecule has 1 aromatic heterocycles. The first kappa shape index (κ1) is 14.8. The van der Waals surface area contributed by atoms with Gasteiger partial charge in [-0.2, -0.15) is 0 Å². The second-order valence-electron chi connectivity index (χ2n) is 7.35. The molecule has 4 nitrogen and oxygen atoms in total. The van der Waals surface area contributed by atoms with Gasteiger partial charge in [-0.05, 0) is 50.2 Å². The standard InChI is InChI=1S/C19H25N3O/c1-14-12-22(17-5-3-2-4-16(14)17)13-18(23)21-10-6-15(7-11-21)19(20)8-9-19/h2-5,12,15H,6-11,13,20H2,1H3. The van der Waals surface area contributed by atoms with E-state index in [9.17, 15) is 4.79 Å². The van der Waals surface area contributed by atoms with Gasteiger partial charge < -0.3 is 15.2 Å². The van der Waals surface area contributed by atoms with Gasteiger partial charge in [0.2, 0.25) is 5.91 Å². The minimum Gasteiger partial charge on any atom is -0.341 e. The van der Waals surface area contributed by atoms with Gasteiger partial charge >= 0.3 is 0 Å². The van der Waals surface area contributed by atoms with Gasteiger partial charge in [0.05, 0.1) is 0 Å². The average Bonchev–Trinajstić information content (AvgIpc) is 3.25. The van der Waals surface area contributed by atoms with Crippen molar-refractivity contribution in [2.45, 2.75) is 44.7 Å². The number of rotatable bonds is 3. The fourth-order valence-corrected chi connectivity index (χ4v) is 4.06. The maximum absolute atomic E-state index is 12.7. The average molecular weight is 311 g/mol. The zero-order valence-electron chi connectivity index (χ0n) is 13.8. The highest BCUT2D eigenvalue weighted by Gasteiger charge is 2.46. The van der Waals surface area contributed by atoms with Gasteiger partial charge in [0.15, 0.2) is 0 Å². The Morgan fingerprint density at radius 3 is 2.65 bits per heavy atom. The van der Waals surface area contributed by atoms with Crippen LogP contribution in [0.25, 0.3) is 10.9 Å². The summed E-state index contributed by atoms with van der Waals surface area (Å²) in [6.45, 7) is 4.26. The summed E-state index contributed by atoms with van der Waals surface area (Å²) in [4.78, 5) is 14.7. The van der Waals surface area contributed by atoms with Crippen LogP contribution in [-0.4, -0.2) is 34.0 Å². The summed E-state index contributed by atoms with van der Waals surface area (Å²) < 4.78 is 2.09. The summed E-state index contributed by atoms with van der Waals surface area (Å²) in [6.07, 6.45) is 6.55. The molecule has 122 valence electrons. The molecule has 0 spiro atoms. The van der Waals surface area contributed by atoms with Crippen molar-refractivity contribution in [3.63, 3.8) is 0 Å². The van der Waals surface area contributed by atoms with Crippen LogP contribution in [0.4, 0.5) is 0 Å². The van der Waals surface area contributed by atoms with Crippen LogP contribution in [0.3, 0.4) is 0 Å². The molecular weight excluding hydrogens is 286 g/mol. The number of hydrogen-bond donors (Lipinski definition) is 1. The molecule has 4 heteroatoms. The van der Waals surface area contributed by atoms with Gasteiger partial charge in [-0.25, -0.2) is 0 Å². The van der Waals surface area contributed by atoms with E-state index in [4.69, 9.17) is 5.73 Å². The fourth-order valence-electron chi connectivity index (χ4n) is 4.06. The van der Waals surface area contributed by atoms with Gasteiger partial charge in [0.25, 0.3) is 0 Å². The predicted molar refractivity (Wildman–Crippen MR) is 92.1 cm³/mol. The molecule has 23 heavy (non-hydrogen) atoms. The van der Waals surface area contributed by atoms with Crippen LogP contribution in [0.1, 0.15) is 31.2 Å². The number of nitrogens with two attached hydrogens (primary N) is 1. The molecule has 0 radical (unpaired) electrons. The lowest BCUT2D eigenvalue weighted by Gasteiger charge is -2.35. The van der Waals surface area contributed by atoms with E-state index in [0.717, 1.165) is 31.4 Å². The normalized spacial score (nSPS) is 20.9. The minimum atomic E-state index is 0.100. The van der Waals surface area contributed by atoms with Crippen molar-refractivity contribution in [3.05, 3.63) is 36.0 Å². The van der Waals surface area contributed by atoms with Crippen molar-refractivity contribution in [3.8, 4) is 0 Å². The summed E-state index contributed by atoms with van der Waals surface area (Å²) in [5.41, 5.74) is 8.80. The summed E-state index contributed by atoms with van der Waals surface area (Å²) >= 11 is 0. The number of para-hydroxylation sites is 1. The van der Waals surface area contributed by atoms with Gasteiger partial charge in [-0.1, -0.05) is 18.2 Å². The number of piperidine rings is 1. The maximum atomic E-state index is 12.7. The maximum Gasteiger partial charge on any atom is 0.242 e. The Morgan fingerprint density at radius 1 is 1.26 bits per heavy atom. The van der Waals surface area contributed by atoms with Crippen LogP contribution in [0.5, 0.6) is 0 Å². The van der Waals surface area contributed by atoms with E-state index in [1.165, 1.54) is 23.8 Å². The quantitative estimate of drug-likeness (QED) is 0.947. The number of nitrogens with zero attached hydrogens (tertiary/aromatic N) is 2. The number of carbonyl (C=O) groups excluding carboxylic acids is 1. The Hall–Kier alpha value is -1.81. The molecule has 2 aromatic rings. The fraction of sp³-hybridized carbons (Fsp3) is 0.526. The van der Waals surface area contributed by atoms with Gasteiger partial charge in [-0.15, -0.1) is 0 Å². The topological polar surface area (TPSA) is 51.3 Å². The molecular formula is C19H25N3O. The highest BCUT2D eigenvalue weighted by molar-refractivity contribution is 5.86. The molecule has 0 atom stereocenters. The monoisotopic (exact) mass is 311 g/mol. The number of fused-ring (bicyclic) bond motifs is 1. The van der Waals surface area contributed by atoms with Crippen LogP contribution in [0, 0.1) is 12.8 Å².